The molecule has 0 aromatic heterocycles. The fourth-order valence-corrected chi connectivity index (χ4v) is 4.69. The highest BCUT2D eigenvalue weighted by Gasteiger charge is 2.24. The Bertz CT molecular complexity index is 928. The van der Waals surface area contributed by atoms with Crippen LogP contribution in [-0.4, -0.2) is 27.4 Å². The van der Waals surface area contributed by atoms with E-state index < -0.39 is 15.7 Å². The first-order valence-corrected chi connectivity index (χ1v) is 10.0. The number of nitrogens with two attached hydrogens (primary N) is 1. The summed E-state index contributed by atoms with van der Waals surface area (Å²) in [5.74, 6) is -0.651. The van der Waals surface area contributed by atoms with Crippen LogP contribution in [-0.2, 0) is 21.1 Å². The van der Waals surface area contributed by atoms with E-state index in [2.05, 4.69) is 5.32 Å². The standard InChI is InChI=1S/C19H21FN2O3S/c20-15-5-2-6-16(10-15)26(24,25)17-7-8-18-13(9-17)3-1-4-14(18)12-22-19(23)11-21/h2,5-10,14H,1,3-4,11-12,21H2,(H,22,23). The molecule has 138 valence electrons. The summed E-state index contributed by atoms with van der Waals surface area (Å²) in [6, 6.07) is 10.1. The molecule has 1 unspecified atom stereocenters. The van der Waals surface area contributed by atoms with Crippen LogP contribution in [0.3, 0.4) is 0 Å². The van der Waals surface area contributed by atoms with Gasteiger partial charge in [0.2, 0.25) is 15.7 Å². The SMILES string of the molecule is NCC(=O)NCC1CCCc2cc(S(=O)(=O)c3cccc(F)c3)ccc21. The van der Waals surface area contributed by atoms with Gasteiger partial charge in [0.1, 0.15) is 5.82 Å². The Morgan fingerprint density at radius 3 is 2.69 bits per heavy atom. The first-order valence-electron chi connectivity index (χ1n) is 8.52. The fourth-order valence-electron chi connectivity index (χ4n) is 3.35. The number of carbonyl (C=O) groups is 1. The lowest BCUT2D eigenvalue weighted by Crippen LogP contribution is -2.34. The first kappa shape index (κ1) is 18.5. The number of nitrogens with one attached hydrogen (secondary N) is 1. The minimum Gasteiger partial charge on any atom is -0.354 e. The van der Waals surface area contributed by atoms with Gasteiger partial charge in [0, 0.05) is 12.5 Å². The molecule has 0 bridgehead atoms. The second-order valence-corrected chi connectivity index (χ2v) is 8.37. The minimum absolute atomic E-state index is 0.0512. The van der Waals surface area contributed by atoms with E-state index in [1.54, 1.807) is 18.2 Å². The highest BCUT2D eigenvalue weighted by Crippen LogP contribution is 2.34. The quantitative estimate of drug-likeness (QED) is 0.837. The fraction of sp³-hybridized carbons (Fsp3) is 0.316. The van der Waals surface area contributed by atoms with Crippen LogP contribution >= 0.6 is 0 Å². The molecule has 3 N–H and O–H groups in total. The van der Waals surface area contributed by atoms with Gasteiger partial charge < -0.3 is 11.1 Å². The molecule has 0 saturated heterocycles. The summed E-state index contributed by atoms with van der Waals surface area (Å²) in [5, 5.41) is 2.80. The summed E-state index contributed by atoms with van der Waals surface area (Å²) in [4.78, 5) is 11.5. The van der Waals surface area contributed by atoms with E-state index in [1.807, 2.05) is 0 Å². The molecule has 26 heavy (non-hydrogen) atoms. The van der Waals surface area contributed by atoms with Crippen LogP contribution in [0.2, 0.25) is 0 Å². The van der Waals surface area contributed by atoms with E-state index in [1.165, 1.54) is 18.2 Å². The summed E-state index contributed by atoms with van der Waals surface area (Å²) in [5.41, 5.74) is 7.32. The highest BCUT2D eigenvalue weighted by molar-refractivity contribution is 7.91. The molecule has 5 nitrogen and oxygen atoms in total. The van der Waals surface area contributed by atoms with Gasteiger partial charge in [-0.2, -0.15) is 0 Å². The number of carbonyl (C=O) groups excluding carboxylic acids is 1. The zero-order valence-corrected chi connectivity index (χ0v) is 15.1. The molecule has 7 heteroatoms. The largest absolute Gasteiger partial charge is 0.354 e. The second kappa shape index (κ2) is 7.55. The third-order valence-corrected chi connectivity index (χ3v) is 6.45. The summed E-state index contributed by atoms with van der Waals surface area (Å²) in [7, 11) is -3.77. The smallest absolute Gasteiger partial charge is 0.233 e. The molecule has 1 amide bonds. The van der Waals surface area contributed by atoms with Gasteiger partial charge in [-0.15, -0.1) is 0 Å². The van der Waals surface area contributed by atoms with E-state index in [0.717, 1.165) is 36.5 Å². The van der Waals surface area contributed by atoms with E-state index >= 15 is 0 Å². The molecule has 0 radical (unpaired) electrons. The Morgan fingerprint density at radius 2 is 1.96 bits per heavy atom. The van der Waals surface area contributed by atoms with Crippen LogP contribution in [0.15, 0.2) is 52.3 Å². The molecule has 1 aliphatic rings. The van der Waals surface area contributed by atoms with Crippen LogP contribution in [0.5, 0.6) is 0 Å². The summed E-state index contributed by atoms with van der Waals surface area (Å²) >= 11 is 0. The van der Waals surface area contributed by atoms with Gasteiger partial charge in [-0.05, 0) is 60.7 Å². The molecular weight excluding hydrogens is 355 g/mol. The van der Waals surface area contributed by atoms with Crippen molar-refractivity contribution >= 4 is 15.7 Å². The second-order valence-electron chi connectivity index (χ2n) is 6.42. The van der Waals surface area contributed by atoms with Gasteiger partial charge in [0.25, 0.3) is 0 Å². The maximum Gasteiger partial charge on any atom is 0.233 e. The molecule has 1 atom stereocenters. The van der Waals surface area contributed by atoms with E-state index in [-0.39, 0.29) is 28.2 Å². The van der Waals surface area contributed by atoms with Crippen molar-refractivity contribution in [2.45, 2.75) is 35.0 Å². The van der Waals surface area contributed by atoms with Crippen molar-refractivity contribution in [3.63, 3.8) is 0 Å². The van der Waals surface area contributed by atoms with Gasteiger partial charge in [-0.1, -0.05) is 12.1 Å². The molecule has 3 rings (SSSR count). The number of rotatable bonds is 5. The van der Waals surface area contributed by atoms with Crippen LogP contribution in [0.25, 0.3) is 0 Å². The molecular formula is C19H21FN2O3S. The molecule has 2 aromatic carbocycles. The van der Waals surface area contributed by atoms with Crippen LogP contribution < -0.4 is 11.1 Å². The normalized spacial score (nSPS) is 16.8. The maximum absolute atomic E-state index is 13.4. The van der Waals surface area contributed by atoms with Crippen molar-refractivity contribution in [2.75, 3.05) is 13.1 Å². The number of fused-ring (bicyclic) bond motifs is 1. The van der Waals surface area contributed by atoms with Crippen LogP contribution in [0, 0.1) is 5.82 Å². The summed E-state index contributed by atoms with van der Waals surface area (Å²) in [6.07, 6.45) is 2.62. The first-order chi connectivity index (χ1) is 12.4. The minimum atomic E-state index is -3.77. The molecule has 2 aromatic rings. The third-order valence-electron chi connectivity index (χ3n) is 4.70. The predicted molar refractivity (Wildman–Crippen MR) is 96.0 cm³/mol. The zero-order chi connectivity index (χ0) is 18.7. The van der Waals surface area contributed by atoms with Gasteiger partial charge in [0.05, 0.1) is 16.3 Å². The molecule has 0 aliphatic heterocycles. The average Bonchev–Trinajstić information content (AvgIpc) is 2.65. The molecule has 1 aliphatic carbocycles. The van der Waals surface area contributed by atoms with Crippen molar-refractivity contribution in [1.29, 1.82) is 0 Å². The number of amides is 1. The Kier molecular flexibility index (Phi) is 5.38. The lowest BCUT2D eigenvalue weighted by Gasteiger charge is -2.26. The number of hydrogen-bond donors (Lipinski definition) is 2. The van der Waals surface area contributed by atoms with Crippen molar-refractivity contribution < 1.29 is 17.6 Å². The van der Waals surface area contributed by atoms with Crippen molar-refractivity contribution in [3.8, 4) is 0 Å². The van der Waals surface area contributed by atoms with Crippen LogP contribution in [0.1, 0.15) is 29.9 Å². The Morgan fingerprint density at radius 1 is 1.19 bits per heavy atom. The number of hydrogen-bond acceptors (Lipinski definition) is 4. The van der Waals surface area contributed by atoms with E-state index in [9.17, 15) is 17.6 Å². The van der Waals surface area contributed by atoms with Gasteiger partial charge in [0.15, 0.2) is 0 Å². The number of sulfone groups is 1. The summed E-state index contributed by atoms with van der Waals surface area (Å²) < 4.78 is 38.9. The number of benzene rings is 2. The topological polar surface area (TPSA) is 89.3 Å². The van der Waals surface area contributed by atoms with Gasteiger partial charge in [-0.25, -0.2) is 12.8 Å². The Hall–Kier alpha value is -2.25. The Balaban J connectivity index is 1.90. The Labute approximate surface area is 152 Å². The highest BCUT2D eigenvalue weighted by atomic mass is 32.2. The van der Waals surface area contributed by atoms with Crippen molar-refractivity contribution in [1.82, 2.24) is 5.32 Å². The van der Waals surface area contributed by atoms with E-state index in [4.69, 9.17) is 5.73 Å². The van der Waals surface area contributed by atoms with E-state index in [0.29, 0.717) is 6.54 Å². The third kappa shape index (κ3) is 3.78. The zero-order valence-electron chi connectivity index (χ0n) is 14.2. The number of halogens is 1. The van der Waals surface area contributed by atoms with Crippen molar-refractivity contribution in [2.24, 2.45) is 5.73 Å². The summed E-state index contributed by atoms with van der Waals surface area (Å²) in [6.45, 7) is 0.434. The lowest BCUT2D eigenvalue weighted by atomic mass is 9.83. The number of aryl methyl sites for hydroxylation is 1. The van der Waals surface area contributed by atoms with Gasteiger partial charge >= 0.3 is 0 Å². The van der Waals surface area contributed by atoms with Crippen LogP contribution in [0.4, 0.5) is 4.39 Å². The molecule has 0 spiro atoms. The maximum atomic E-state index is 13.4. The van der Waals surface area contributed by atoms with Crippen molar-refractivity contribution in [3.05, 3.63) is 59.4 Å². The molecule has 0 fully saturated rings. The predicted octanol–water partition coefficient (Wildman–Crippen LogP) is 2.15. The molecule has 0 saturated carbocycles. The monoisotopic (exact) mass is 376 g/mol. The lowest BCUT2D eigenvalue weighted by molar-refractivity contribution is -0.119. The van der Waals surface area contributed by atoms with Gasteiger partial charge in [-0.3, -0.25) is 4.79 Å². The molecule has 0 heterocycles. The average molecular weight is 376 g/mol.